The number of rotatable bonds is 9. The van der Waals surface area contributed by atoms with Gasteiger partial charge < -0.3 is 43.2 Å². The summed E-state index contributed by atoms with van der Waals surface area (Å²) in [5.74, 6) is 0.158. The van der Waals surface area contributed by atoms with Crippen LogP contribution in [0.1, 0.15) is 25.1 Å². The summed E-state index contributed by atoms with van der Waals surface area (Å²) in [6, 6.07) is -0.737. The van der Waals surface area contributed by atoms with Gasteiger partial charge in [-0.1, -0.05) is 24.5 Å². The molecule has 4 aromatic rings. The fourth-order valence-electron chi connectivity index (χ4n) is 5.34. The van der Waals surface area contributed by atoms with E-state index in [1.54, 1.807) is 11.6 Å². The molecule has 2 fully saturated rings. The van der Waals surface area contributed by atoms with E-state index in [0.717, 1.165) is 0 Å². The number of alkyl halides is 1. The van der Waals surface area contributed by atoms with Gasteiger partial charge in [0.1, 0.15) is 30.2 Å². The minimum absolute atomic E-state index is 0.0245. The van der Waals surface area contributed by atoms with Crippen LogP contribution < -0.4 is 11.3 Å². The van der Waals surface area contributed by atoms with Crippen LogP contribution >= 0.6 is 35.9 Å². The number of aromatic nitrogens is 8. The first kappa shape index (κ1) is 32.3. The van der Waals surface area contributed by atoms with Gasteiger partial charge in [-0.15, -0.1) is 0 Å². The van der Waals surface area contributed by atoms with E-state index in [9.17, 15) is 14.8 Å². The average Bonchev–Trinajstić information content (AvgIpc) is 3.71. The van der Waals surface area contributed by atoms with E-state index >= 15 is 4.39 Å². The van der Waals surface area contributed by atoms with Crippen molar-refractivity contribution in [3.8, 4) is 0 Å². The monoisotopic (exact) mass is 725 g/mol. The highest BCUT2D eigenvalue weighted by Crippen LogP contribution is 2.59. The minimum atomic E-state index is -3.50. The summed E-state index contributed by atoms with van der Waals surface area (Å²) in [6.07, 6.45) is -1.29. The normalized spacial score (nSPS) is 30.2. The number of nitrogens with two attached hydrogens (primary N) is 1. The largest absolute Gasteiger partial charge is 0.388 e. The molecule has 2 unspecified atom stereocenters. The van der Waals surface area contributed by atoms with Crippen molar-refractivity contribution in [1.29, 1.82) is 0 Å². The zero-order valence-electron chi connectivity index (χ0n) is 22.5. The number of imidazole rings is 2. The molecule has 6 rings (SSSR count). The SMILES string of the molecule is Cn1cnc2c(ncn2[C@@H]2C[C@H](OP(O)(=S)S)[C@@H](O)[C@H]2OP(=S)(S)OC[C@@H]2C[C@@H](F)[C@H](n3cnc4c(N)ncnc43)O2)c1=O. The first-order chi connectivity index (χ1) is 20.7. The molecule has 238 valence electrons. The van der Waals surface area contributed by atoms with Gasteiger partial charge in [0, 0.05) is 19.9 Å². The van der Waals surface area contributed by atoms with Gasteiger partial charge in [0.05, 0.1) is 43.8 Å². The van der Waals surface area contributed by atoms with Crippen molar-refractivity contribution in [1.82, 2.24) is 38.6 Å². The Bertz CT molecular complexity index is 1870. The molecule has 2 aliphatic rings. The Morgan fingerprint density at radius 3 is 2.55 bits per heavy atom. The van der Waals surface area contributed by atoms with Crippen LogP contribution in [0.15, 0.2) is 30.1 Å². The predicted molar refractivity (Wildman–Crippen MR) is 170 cm³/mol. The molecule has 0 aromatic carbocycles. The molecule has 16 nitrogen and oxygen atoms in total. The van der Waals surface area contributed by atoms with E-state index in [0.29, 0.717) is 11.2 Å². The highest BCUT2D eigenvalue weighted by atomic mass is 32.9. The van der Waals surface area contributed by atoms with E-state index in [1.807, 2.05) is 0 Å². The smallest absolute Gasteiger partial charge is 0.281 e. The third-order valence-electron chi connectivity index (χ3n) is 7.31. The minimum Gasteiger partial charge on any atom is -0.388 e. The van der Waals surface area contributed by atoms with Crippen molar-refractivity contribution in [2.24, 2.45) is 7.05 Å². The number of anilines is 1. The lowest BCUT2D eigenvalue weighted by Gasteiger charge is -2.29. The first-order valence-electron chi connectivity index (χ1n) is 12.9. The Hall–Kier alpha value is -1.61. The van der Waals surface area contributed by atoms with Crippen LogP contribution in [0.3, 0.4) is 0 Å². The number of aliphatic hydroxyl groups excluding tert-OH is 1. The molecule has 23 heteroatoms. The molecule has 1 aliphatic heterocycles. The fourth-order valence-corrected chi connectivity index (χ4v) is 8.60. The molecule has 44 heavy (non-hydrogen) atoms. The van der Waals surface area contributed by atoms with Gasteiger partial charge in [0.2, 0.25) is 11.4 Å². The summed E-state index contributed by atoms with van der Waals surface area (Å²) in [5, 5.41) is 11.2. The Kier molecular flexibility index (Phi) is 8.97. The Morgan fingerprint density at radius 2 is 1.80 bits per heavy atom. The third kappa shape index (κ3) is 6.34. The van der Waals surface area contributed by atoms with Crippen molar-refractivity contribution < 1.29 is 32.7 Å². The molecule has 1 saturated heterocycles. The molecule has 4 N–H and O–H groups in total. The number of aliphatic hydroxyl groups is 1. The van der Waals surface area contributed by atoms with E-state index in [4.69, 9.17) is 47.7 Å². The molecule has 0 radical (unpaired) electrons. The lowest BCUT2D eigenvalue weighted by Crippen LogP contribution is -2.34. The number of nitrogens with zero attached hydrogens (tertiary/aromatic N) is 8. The number of hydrogen-bond acceptors (Lipinski definition) is 14. The summed E-state index contributed by atoms with van der Waals surface area (Å²) in [6.45, 7) is -0.172. The number of thiol groups is 2. The molecule has 1 aliphatic carbocycles. The van der Waals surface area contributed by atoms with Crippen LogP contribution in [0.5, 0.6) is 0 Å². The number of ether oxygens (including phenoxy) is 1. The maximum absolute atomic E-state index is 15.1. The number of nitrogen functional groups attached to an aromatic ring is 1. The van der Waals surface area contributed by atoms with Crippen molar-refractivity contribution in [3.63, 3.8) is 0 Å². The van der Waals surface area contributed by atoms with Crippen molar-refractivity contribution >= 4 is 87.6 Å². The molecule has 0 amide bonds. The molecule has 1 saturated carbocycles. The summed E-state index contributed by atoms with van der Waals surface area (Å²) in [7, 11) is 1.54. The number of fused-ring (bicyclic) bond motifs is 2. The average molecular weight is 726 g/mol. The number of halogens is 1. The molecule has 0 spiro atoms. The van der Waals surface area contributed by atoms with E-state index < -0.39 is 54.2 Å². The van der Waals surface area contributed by atoms with Crippen LogP contribution in [0.2, 0.25) is 0 Å². The van der Waals surface area contributed by atoms with Crippen molar-refractivity contribution in [3.05, 3.63) is 35.7 Å². The summed E-state index contributed by atoms with van der Waals surface area (Å²) >= 11 is 18.9. The summed E-state index contributed by atoms with van der Waals surface area (Å²) < 4.78 is 42.7. The van der Waals surface area contributed by atoms with Crippen LogP contribution in [-0.4, -0.2) is 85.8 Å². The lowest BCUT2D eigenvalue weighted by atomic mass is 10.2. The van der Waals surface area contributed by atoms with Crippen LogP contribution in [0.25, 0.3) is 22.3 Å². The molecule has 4 aromatic heterocycles. The van der Waals surface area contributed by atoms with Crippen molar-refractivity contribution in [2.45, 2.75) is 55.7 Å². The number of hydrogen-bond donors (Lipinski definition) is 5. The van der Waals surface area contributed by atoms with Gasteiger partial charge >= 0.3 is 0 Å². The summed E-state index contributed by atoms with van der Waals surface area (Å²) in [4.78, 5) is 43.4. The van der Waals surface area contributed by atoms with Gasteiger partial charge in [-0.05, 0) is 23.6 Å². The Balaban J connectivity index is 1.19. The zero-order chi connectivity index (χ0) is 31.6. The Morgan fingerprint density at radius 1 is 1.09 bits per heavy atom. The number of aryl methyl sites for hydroxylation is 1. The second-order valence-corrected chi connectivity index (χ2v) is 20.6. The fraction of sp³-hybridized carbons (Fsp3) is 0.524. The maximum Gasteiger partial charge on any atom is 0.281 e. The summed E-state index contributed by atoms with van der Waals surface area (Å²) in [5.41, 5.74) is -0.482. The van der Waals surface area contributed by atoms with E-state index in [2.05, 4.69) is 49.4 Å². The van der Waals surface area contributed by atoms with Crippen LogP contribution in [0, 0.1) is 0 Å². The van der Waals surface area contributed by atoms with Crippen LogP contribution in [0.4, 0.5) is 10.2 Å². The van der Waals surface area contributed by atoms with E-state index in [1.165, 1.54) is 34.4 Å². The molecule has 9 atom stereocenters. The van der Waals surface area contributed by atoms with E-state index in [-0.39, 0.29) is 42.0 Å². The van der Waals surface area contributed by atoms with Crippen LogP contribution in [-0.2, 0) is 49.0 Å². The topological polar surface area (TPSA) is 200 Å². The Labute approximate surface area is 268 Å². The predicted octanol–water partition coefficient (Wildman–Crippen LogP) is 1.57. The standard InChI is InChI=1S/C21H26FN9O7P2S4/c1-29-6-28-19-14(20(29)33)27-7-30(19)11-3-12(37-39(34,41)42)15(32)16(11)38-40(43,44)35-4-9-2-10(22)21(36-9)31-8-26-13-17(23)24-5-25-18(13)31/h5-12,15-16,21,32H,2-4H2,1H3,(H,43,44)(H2,23,24,25)(H2,34,41,42)/t9-,10+,11+,12-,15+,16-,21+/m0/s1. The van der Waals surface area contributed by atoms with Gasteiger partial charge in [0.15, 0.2) is 28.9 Å². The second kappa shape index (κ2) is 12.2. The second-order valence-electron chi connectivity index (χ2n) is 10.2. The first-order valence-corrected chi connectivity index (χ1v) is 20.5. The highest BCUT2D eigenvalue weighted by molar-refractivity contribution is 8.60. The zero-order valence-corrected chi connectivity index (χ0v) is 27.8. The molecule has 5 heterocycles. The van der Waals surface area contributed by atoms with Gasteiger partial charge in [0.25, 0.3) is 5.56 Å². The molecular weight excluding hydrogens is 700 g/mol. The lowest BCUT2D eigenvalue weighted by molar-refractivity contribution is -0.0348. The molecule has 0 bridgehead atoms. The highest BCUT2D eigenvalue weighted by Gasteiger charge is 2.49. The van der Waals surface area contributed by atoms with Gasteiger partial charge in [-0.3, -0.25) is 9.36 Å². The molecular formula is C21H26FN9O7P2S4. The maximum atomic E-state index is 15.1. The van der Waals surface area contributed by atoms with Gasteiger partial charge in [-0.25, -0.2) is 29.3 Å². The quantitative estimate of drug-likeness (QED) is 0.123. The van der Waals surface area contributed by atoms with Gasteiger partial charge in [-0.2, -0.15) is 0 Å². The third-order valence-corrected chi connectivity index (χ3v) is 10.6. The van der Waals surface area contributed by atoms with Crippen molar-refractivity contribution in [2.75, 3.05) is 12.3 Å².